The first-order chi connectivity index (χ1) is 8.17. The van der Waals surface area contributed by atoms with E-state index in [1.807, 2.05) is 6.92 Å². The number of ether oxygens (including phenoxy) is 1. The topological polar surface area (TPSA) is 77.2 Å². The van der Waals surface area contributed by atoms with Crippen LogP contribution in [0.25, 0.3) is 0 Å². The van der Waals surface area contributed by atoms with Crippen LogP contribution in [0.1, 0.15) is 13.3 Å². The SMILES string of the molecule is CCOC(CN)CC(=O)Nc1cnccc1Cl. The van der Waals surface area contributed by atoms with Crippen LogP contribution in [0.15, 0.2) is 18.5 Å². The van der Waals surface area contributed by atoms with Crippen molar-refractivity contribution in [2.75, 3.05) is 18.5 Å². The van der Waals surface area contributed by atoms with Gasteiger partial charge in [0.25, 0.3) is 0 Å². The third kappa shape index (κ3) is 4.68. The van der Waals surface area contributed by atoms with Gasteiger partial charge in [0.2, 0.25) is 5.91 Å². The fourth-order valence-electron chi connectivity index (χ4n) is 1.32. The number of carbonyl (C=O) groups excluding carboxylic acids is 1. The normalized spacial score (nSPS) is 12.2. The van der Waals surface area contributed by atoms with Gasteiger partial charge in [0.15, 0.2) is 0 Å². The lowest BCUT2D eigenvalue weighted by atomic mass is 10.2. The molecule has 0 aliphatic carbocycles. The highest BCUT2D eigenvalue weighted by Crippen LogP contribution is 2.19. The monoisotopic (exact) mass is 257 g/mol. The van der Waals surface area contributed by atoms with Crippen LogP contribution in [0.3, 0.4) is 0 Å². The second-order valence-corrected chi connectivity index (χ2v) is 3.83. The fraction of sp³-hybridized carbons (Fsp3) is 0.455. The third-order valence-electron chi connectivity index (χ3n) is 2.12. The van der Waals surface area contributed by atoms with Crippen molar-refractivity contribution in [2.24, 2.45) is 5.73 Å². The summed E-state index contributed by atoms with van der Waals surface area (Å²) in [6.45, 7) is 2.70. The van der Waals surface area contributed by atoms with E-state index in [0.29, 0.717) is 23.9 Å². The molecular formula is C11H16ClN3O2. The minimum Gasteiger partial charge on any atom is -0.377 e. The molecular weight excluding hydrogens is 242 g/mol. The molecule has 1 unspecified atom stereocenters. The van der Waals surface area contributed by atoms with E-state index >= 15 is 0 Å². The van der Waals surface area contributed by atoms with Crippen molar-refractivity contribution < 1.29 is 9.53 Å². The van der Waals surface area contributed by atoms with E-state index in [1.165, 1.54) is 6.20 Å². The zero-order chi connectivity index (χ0) is 12.7. The van der Waals surface area contributed by atoms with Crippen LogP contribution in [-0.2, 0) is 9.53 Å². The molecule has 1 atom stereocenters. The predicted molar refractivity (Wildman–Crippen MR) is 67.0 cm³/mol. The molecule has 0 saturated carbocycles. The van der Waals surface area contributed by atoms with Gasteiger partial charge in [-0.3, -0.25) is 9.78 Å². The molecule has 0 saturated heterocycles. The van der Waals surface area contributed by atoms with Gasteiger partial charge in [0, 0.05) is 19.3 Å². The first kappa shape index (κ1) is 13.9. The van der Waals surface area contributed by atoms with Gasteiger partial charge in [-0.05, 0) is 13.0 Å². The highest BCUT2D eigenvalue weighted by atomic mass is 35.5. The summed E-state index contributed by atoms with van der Waals surface area (Å²) in [5.74, 6) is -0.191. The van der Waals surface area contributed by atoms with Crippen molar-refractivity contribution in [1.29, 1.82) is 0 Å². The standard InChI is InChI=1S/C11H16ClN3O2/c1-2-17-8(6-13)5-11(16)15-10-7-14-4-3-9(10)12/h3-4,7-8H,2,5-6,13H2,1H3,(H,15,16). The molecule has 1 aromatic rings. The summed E-state index contributed by atoms with van der Waals surface area (Å²) in [4.78, 5) is 15.6. The molecule has 1 rings (SSSR count). The van der Waals surface area contributed by atoms with Crippen LogP contribution >= 0.6 is 11.6 Å². The molecule has 6 heteroatoms. The smallest absolute Gasteiger partial charge is 0.227 e. The van der Waals surface area contributed by atoms with Crippen LogP contribution in [0.5, 0.6) is 0 Å². The summed E-state index contributed by atoms with van der Waals surface area (Å²) in [5, 5.41) is 3.12. The van der Waals surface area contributed by atoms with E-state index in [2.05, 4.69) is 10.3 Å². The molecule has 1 amide bonds. The lowest BCUT2D eigenvalue weighted by molar-refractivity contribution is -0.118. The Morgan fingerprint density at radius 3 is 3.06 bits per heavy atom. The number of nitrogens with one attached hydrogen (secondary N) is 1. The molecule has 3 N–H and O–H groups in total. The number of nitrogens with zero attached hydrogens (tertiary/aromatic N) is 1. The Morgan fingerprint density at radius 1 is 1.71 bits per heavy atom. The van der Waals surface area contributed by atoms with Crippen molar-refractivity contribution in [3.05, 3.63) is 23.5 Å². The van der Waals surface area contributed by atoms with Crippen molar-refractivity contribution in [3.8, 4) is 0 Å². The fourth-order valence-corrected chi connectivity index (χ4v) is 1.48. The summed E-state index contributed by atoms with van der Waals surface area (Å²) >= 11 is 5.89. The van der Waals surface area contributed by atoms with Gasteiger partial charge in [-0.25, -0.2) is 0 Å². The van der Waals surface area contributed by atoms with Crippen LogP contribution in [0.2, 0.25) is 5.02 Å². The van der Waals surface area contributed by atoms with Crippen LogP contribution in [0, 0.1) is 0 Å². The number of pyridine rings is 1. The van der Waals surface area contributed by atoms with Gasteiger partial charge >= 0.3 is 0 Å². The van der Waals surface area contributed by atoms with Crippen molar-refractivity contribution in [1.82, 2.24) is 4.98 Å². The Morgan fingerprint density at radius 2 is 2.47 bits per heavy atom. The van der Waals surface area contributed by atoms with Crippen molar-refractivity contribution >= 4 is 23.2 Å². The third-order valence-corrected chi connectivity index (χ3v) is 2.45. The second kappa shape index (κ2) is 7.21. The first-order valence-electron chi connectivity index (χ1n) is 5.38. The van der Waals surface area contributed by atoms with Gasteiger partial charge in [-0.2, -0.15) is 0 Å². The summed E-state index contributed by atoms with van der Waals surface area (Å²) in [6.07, 6.45) is 2.99. The maximum Gasteiger partial charge on any atom is 0.227 e. The van der Waals surface area contributed by atoms with Gasteiger partial charge in [-0.1, -0.05) is 11.6 Å². The minimum absolute atomic E-state index is 0.191. The average Bonchev–Trinajstić information content (AvgIpc) is 2.31. The molecule has 0 spiro atoms. The Balaban J connectivity index is 2.52. The molecule has 0 bridgehead atoms. The number of carbonyl (C=O) groups is 1. The van der Waals surface area contributed by atoms with E-state index in [-0.39, 0.29) is 18.4 Å². The van der Waals surface area contributed by atoms with Crippen molar-refractivity contribution in [2.45, 2.75) is 19.4 Å². The number of amides is 1. The maximum absolute atomic E-state index is 11.7. The number of hydrogen-bond acceptors (Lipinski definition) is 4. The Kier molecular flexibility index (Phi) is 5.90. The summed E-state index contributed by atoms with van der Waals surface area (Å²) in [6, 6.07) is 1.61. The number of anilines is 1. The minimum atomic E-state index is -0.268. The largest absolute Gasteiger partial charge is 0.377 e. The van der Waals surface area contributed by atoms with Gasteiger partial charge in [-0.15, -0.1) is 0 Å². The van der Waals surface area contributed by atoms with Crippen molar-refractivity contribution in [3.63, 3.8) is 0 Å². The molecule has 17 heavy (non-hydrogen) atoms. The zero-order valence-corrected chi connectivity index (χ0v) is 10.4. The van der Waals surface area contributed by atoms with E-state index in [1.54, 1.807) is 12.3 Å². The molecule has 0 aliphatic rings. The molecule has 0 aliphatic heterocycles. The van der Waals surface area contributed by atoms with E-state index in [9.17, 15) is 4.79 Å². The quantitative estimate of drug-likeness (QED) is 0.808. The molecule has 0 radical (unpaired) electrons. The van der Waals surface area contributed by atoms with Gasteiger partial charge in [0.05, 0.1) is 29.4 Å². The highest BCUT2D eigenvalue weighted by Gasteiger charge is 2.13. The summed E-state index contributed by atoms with van der Waals surface area (Å²) in [7, 11) is 0. The molecule has 94 valence electrons. The molecule has 5 nitrogen and oxygen atoms in total. The van der Waals surface area contributed by atoms with E-state index in [0.717, 1.165) is 0 Å². The molecule has 0 fully saturated rings. The Bertz CT molecular complexity index is 373. The average molecular weight is 258 g/mol. The highest BCUT2D eigenvalue weighted by molar-refractivity contribution is 6.33. The van der Waals surface area contributed by atoms with Crippen LogP contribution < -0.4 is 11.1 Å². The number of halogens is 1. The second-order valence-electron chi connectivity index (χ2n) is 3.42. The lowest BCUT2D eigenvalue weighted by Crippen LogP contribution is -2.29. The summed E-state index contributed by atoms with van der Waals surface area (Å²) in [5.41, 5.74) is 5.98. The molecule has 0 aromatic carbocycles. The van der Waals surface area contributed by atoms with Crippen LogP contribution in [-0.4, -0.2) is 30.1 Å². The van der Waals surface area contributed by atoms with E-state index < -0.39 is 0 Å². The molecule has 1 aromatic heterocycles. The Hall–Kier alpha value is -1.17. The number of nitrogens with two attached hydrogens (primary N) is 1. The number of hydrogen-bond donors (Lipinski definition) is 2. The zero-order valence-electron chi connectivity index (χ0n) is 9.65. The lowest BCUT2D eigenvalue weighted by Gasteiger charge is -2.14. The predicted octanol–water partition coefficient (Wildman–Crippen LogP) is 1.43. The van der Waals surface area contributed by atoms with Crippen LogP contribution in [0.4, 0.5) is 5.69 Å². The molecule has 1 heterocycles. The first-order valence-corrected chi connectivity index (χ1v) is 5.76. The summed E-state index contributed by atoms with van der Waals surface area (Å²) < 4.78 is 5.30. The van der Waals surface area contributed by atoms with E-state index in [4.69, 9.17) is 22.1 Å². The number of aromatic nitrogens is 1. The Labute approximate surface area is 105 Å². The van der Waals surface area contributed by atoms with Gasteiger partial charge in [0.1, 0.15) is 0 Å². The van der Waals surface area contributed by atoms with Gasteiger partial charge < -0.3 is 15.8 Å². The maximum atomic E-state index is 11.7. The number of rotatable bonds is 6.